The van der Waals surface area contributed by atoms with Gasteiger partial charge in [0.25, 0.3) is 0 Å². The summed E-state index contributed by atoms with van der Waals surface area (Å²) in [5, 5.41) is 3.41. The van der Waals surface area contributed by atoms with E-state index in [1.54, 1.807) is 12.1 Å². The highest BCUT2D eigenvalue weighted by Gasteiger charge is 2.42. The number of fused-ring (bicyclic) bond motifs is 3. The fourth-order valence-electron chi connectivity index (χ4n) is 4.20. The fraction of sp³-hybridized carbons (Fsp3) is 0.333. The zero-order chi connectivity index (χ0) is 17.6. The molecule has 25 heavy (non-hydrogen) atoms. The molecule has 2 aromatic carbocycles. The van der Waals surface area contributed by atoms with Crippen molar-refractivity contribution in [3.05, 3.63) is 76.9 Å². The Morgan fingerprint density at radius 1 is 1.08 bits per heavy atom. The summed E-state index contributed by atoms with van der Waals surface area (Å²) in [5.74, 6) is 0.289. The van der Waals surface area contributed by atoms with Gasteiger partial charge in [-0.25, -0.2) is 0 Å². The van der Waals surface area contributed by atoms with E-state index >= 15 is 0 Å². The van der Waals surface area contributed by atoms with E-state index < -0.39 is 11.7 Å². The van der Waals surface area contributed by atoms with Crippen LogP contribution in [0, 0.1) is 5.92 Å². The van der Waals surface area contributed by atoms with E-state index in [0.717, 1.165) is 18.5 Å². The third kappa shape index (κ3) is 2.74. The maximum absolute atomic E-state index is 13.5. The molecule has 0 fully saturated rings. The van der Waals surface area contributed by atoms with Crippen LogP contribution in [-0.2, 0) is 12.6 Å². The van der Waals surface area contributed by atoms with Gasteiger partial charge >= 0.3 is 6.18 Å². The molecular weight excluding hydrogens is 323 g/mol. The Labute approximate surface area is 145 Å². The van der Waals surface area contributed by atoms with Gasteiger partial charge in [-0.2, -0.15) is 13.2 Å². The van der Waals surface area contributed by atoms with Crippen LogP contribution in [0.3, 0.4) is 0 Å². The van der Waals surface area contributed by atoms with E-state index in [1.807, 2.05) is 6.07 Å². The molecule has 1 heterocycles. The number of alkyl halides is 3. The average Bonchev–Trinajstić information content (AvgIpc) is 3.10. The Hall–Kier alpha value is -2.23. The topological polar surface area (TPSA) is 12.0 Å². The molecule has 1 aliphatic carbocycles. The zero-order valence-corrected chi connectivity index (χ0v) is 14.0. The van der Waals surface area contributed by atoms with Gasteiger partial charge in [0.05, 0.1) is 11.6 Å². The van der Waals surface area contributed by atoms with Crippen LogP contribution < -0.4 is 5.32 Å². The van der Waals surface area contributed by atoms with Gasteiger partial charge in [0.1, 0.15) is 0 Å². The highest BCUT2D eigenvalue weighted by atomic mass is 19.4. The normalized spacial score (nSPS) is 24.6. The number of aryl methyl sites for hydroxylation is 1. The van der Waals surface area contributed by atoms with Crippen molar-refractivity contribution in [1.82, 2.24) is 0 Å². The predicted molar refractivity (Wildman–Crippen MR) is 93.6 cm³/mol. The van der Waals surface area contributed by atoms with Crippen LogP contribution in [0.5, 0.6) is 0 Å². The van der Waals surface area contributed by atoms with E-state index in [1.165, 1.54) is 23.3 Å². The van der Waals surface area contributed by atoms with Gasteiger partial charge in [0.15, 0.2) is 0 Å². The van der Waals surface area contributed by atoms with Crippen LogP contribution in [0.4, 0.5) is 18.9 Å². The number of allylic oxidation sites excluding steroid dienone is 2. The van der Waals surface area contributed by atoms with Crippen LogP contribution in [-0.4, -0.2) is 0 Å². The van der Waals surface area contributed by atoms with E-state index in [4.69, 9.17) is 0 Å². The van der Waals surface area contributed by atoms with Crippen molar-refractivity contribution in [1.29, 1.82) is 0 Å². The first-order valence-corrected chi connectivity index (χ1v) is 8.71. The van der Waals surface area contributed by atoms with Gasteiger partial charge in [-0.15, -0.1) is 0 Å². The van der Waals surface area contributed by atoms with Crippen LogP contribution in [0.15, 0.2) is 54.6 Å². The Bertz CT molecular complexity index is 822. The van der Waals surface area contributed by atoms with Crippen molar-refractivity contribution < 1.29 is 13.2 Å². The molecule has 0 bridgehead atoms. The Morgan fingerprint density at radius 3 is 2.64 bits per heavy atom. The quantitative estimate of drug-likeness (QED) is 0.650. The molecule has 3 atom stereocenters. The lowest BCUT2D eigenvalue weighted by Crippen LogP contribution is -2.30. The van der Waals surface area contributed by atoms with Gasteiger partial charge in [0.2, 0.25) is 0 Å². The summed E-state index contributed by atoms with van der Waals surface area (Å²) in [7, 11) is 0. The number of nitrogens with one attached hydrogen (secondary N) is 1. The maximum Gasteiger partial charge on any atom is 0.416 e. The van der Waals surface area contributed by atoms with Crippen molar-refractivity contribution in [3.8, 4) is 0 Å². The van der Waals surface area contributed by atoms with Gasteiger partial charge in [-0.1, -0.05) is 49.4 Å². The number of hydrogen-bond acceptors (Lipinski definition) is 1. The maximum atomic E-state index is 13.5. The molecular formula is C21H20F3N. The lowest BCUT2D eigenvalue weighted by atomic mass is 9.75. The molecule has 0 spiro atoms. The summed E-state index contributed by atoms with van der Waals surface area (Å²) < 4.78 is 40.5. The summed E-state index contributed by atoms with van der Waals surface area (Å²) in [6.45, 7) is 2.11. The van der Waals surface area contributed by atoms with E-state index in [9.17, 15) is 13.2 Å². The fourth-order valence-corrected chi connectivity index (χ4v) is 4.20. The van der Waals surface area contributed by atoms with Crippen LogP contribution >= 0.6 is 0 Å². The number of anilines is 1. The monoisotopic (exact) mass is 343 g/mol. The molecule has 0 unspecified atom stereocenters. The van der Waals surface area contributed by atoms with Crippen molar-refractivity contribution in [2.75, 3.05) is 5.32 Å². The molecule has 130 valence electrons. The van der Waals surface area contributed by atoms with Crippen LogP contribution in [0.2, 0.25) is 0 Å². The minimum absolute atomic E-state index is 0.114. The van der Waals surface area contributed by atoms with Gasteiger partial charge in [-0.3, -0.25) is 0 Å². The first kappa shape index (κ1) is 16.2. The molecule has 1 aliphatic heterocycles. The van der Waals surface area contributed by atoms with Crippen molar-refractivity contribution >= 4 is 5.69 Å². The van der Waals surface area contributed by atoms with Gasteiger partial charge in [-0.05, 0) is 47.6 Å². The van der Waals surface area contributed by atoms with Gasteiger partial charge in [0, 0.05) is 11.6 Å². The highest BCUT2D eigenvalue weighted by Crippen LogP contribution is 2.51. The van der Waals surface area contributed by atoms with Gasteiger partial charge < -0.3 is 5.32 Å². The van der Waals surface area contributed by atoms with Crippen molar-refractivity contribution in [2.45, 2.75) is 37.9 Å². The smallest absolute Gasteiger partial charge is 0.378 e. The second-order valence-electron chi connectivity index (χ2n) is 6.84. The summed E-state index contributed by atoms with van der Waals surface area (Å²) in [6.07, 6.45) is 1.67. The molecule has 4 rings (SSSR count). The first-order valence-electron chi connectivity index (χ1n) is 8.71. The standard InChI is InChI=1S/C21H20F3N/c1-2-13-10-11-19-17(12-13)14-7-5-8-15(14)20(25-19)16-6-3-4-9-18(16)21(22,23)24/h3-7,9-12,14-15,20,25H,2,8H2,1H3/t14-,15-,20+/m1/s1. The molecule has 0 saturated carbocycles. The van der Waals surface area contributed by atoms with E-state index in [0.29, 0.717) is 5.56 Å². The Kier molecular flexibility index (Phi) is 3.86. The number of rotatable bonds is 2. The number of benzene rings is 2. The second-order valence-corrected chi connectivity index (χ2v) is 6.84. The van der Waals surface area contributed by atoms with Crippen molar-refractivity contribution in [3.63, 3.8) is 0 Å². The summed E-state index contributed by atoms with van der Waals surface area (Å²) in [6, 6.07) is 11.9. The SMILES string of the molecule is CCc1ccc2c(c1)[C@@H]1C=CC[C@H]1[C@@H](c1ccccc1C(F)(F)F)N2. The molecule has 1 N–H and O–H groups in total. The summed E-state index contributed by atoms with van der Waals surface area (Å²) >= 11 is 0. The lowest BCUT2D eigenvalue weighted by molar-refractivity contribution is -0.138. The van der Waals surface area contributed by atoms with Crippen molar-refractivity contribution in [2.24, 2.45) is 5.92 Å². The predicted octanol–water partition coefficient (Wildman–Crippen LogP) is 6.09. The van der Waals surface area contributed by atoms with E-state index in [2.05, 4.69) is 36.5 Å². The third-order valence-corrected chi connectivity index (χ3v) is 5.44. The molecule has 0 radical (unpaired) electrons. The molecule has 1 nitrogen and oxygen atoms in total. The summed E-state index contributed by atoms with van der Waals surface area (Å²) in [4.78, 5) is 0. The molecule has 2 aliphatic rings. The third-order valence-electron chi connectivity index (χ3n) is 5.44. The molecule has 0 aromatic heterocycles. The number of hydrogen-bond donors (Lipinski definition) is 1. The second kappa shape index (κ2) is 5.94. The number of halogens is 3. The minimum atomic E-state index is -4.34. The minimum Gasteiger partial charge on any atom is -0.378 e. The Balaban J connectivity index is 1.81. The first-order chi connectivity index (χ1) is 12.0. The molecule has 0 saturated heterocycles. The zero-order valence-electron chi connectivity index (χ0n) is 14.0. The van der Waals surface area contributed by atoms with Crippen LogP contribution in [0.1, 0.15) is 47.6 Å². The largest absolute Gasteiger partial charge is 0.416 e. The molecule has 4 heteroatoms. The highest BCUT2D eigenvalue weighted by molar-refractivity contribution is 5.61. The lowest BCUT2D eigenvalue weighted by Gasteiger charge is -2.38. The molecule has 2 aromatic rings. The summed E-state index contributed by atoms with van der Waals surface area (Å²) in [5.41, 5.74) is 3.23. The van der Waals surface area contributed by atoms with Crippen LogP contribution in [0.25, 0.3) is 0 Å². The Morgan fingerprint density at radius 2 is 1.88 bits per heavy atom. The van der Waals surface area contributed by atoms with E-state index in [-0.39, 0.29) is 17.9 Å². The average molecular weight is 343 g/mol. The molecule has 0 amide bonds.